The van der Waals surface area contributed by atoms with Crippen LogP contribution in [0.15, 0.2) is 5.38 Å². The summed E-state index contributed by atoms with van der Waals surface area (Å²) in [6.45, 7) is 8.78. The lowest BCUT2D eigenvalue weighted by Gasteiger charge is -2.23. The molecule has 1 fully saturated rings. The van der Waals surface area contributed by atoms with Crippen LogP contribution in [-0.4, -0.2) is 58.4 Å². The summed E-state index contributed by atoms with van der Waals surface area (Å²) in [6.07, 6.45) is 4.07. The molecule has 0 N–H and O–H groups in total. The molecule has 1 aromatic rings. The molecule has 6 heteroatoms. The number of nitrogens with zero attached hydrogens (tertiary/aromatic N) is 3. The van der Waals surface area contributed by atoms with Crippen LogP contribution in [0, 0.1) is 0 Å². The second kappa shape index (κ2) is 8.15. The van der Waals surface area contributed by atoms with Gasteiger partial charge in [0.15, 0.2) is 0 Å². The zero-order chi connectivity index (χ0) is 15.2. The van der Waals surface area contributed by atoms with E-state index in [9.17, 15) is 4.79 Å². The van der Waals surface area contributed by atoms with Gasteiger partial charge in [0.1, 0.15) is 0 Å². The molecule has 1 aromatic heterocycles. The third-order valence-electron chi connectivity index (χ3n) is 3.89. The summed E-state index contributed by atoms with van der Waals surface area (Å²) in [6, 6.07) is 0. The summed E-state index contributed by atoms with van der Waals surface area (Å²) in [5.74, 6) is 0.284. The van der Waals surface area contributed by atoms with Crippen LogP contribution in [-0.2, 0) is 17.8 Å². The molecule has 1 unspecified atom stereocenters. The Morgan fingerprint density at radius 1 is 1.43 bits per heavy atom. The number of aryl methyl sites for hydroxylation is 1. The fraction of sp³-hybridized carbons (Fsp3) is 0.733. The van der Waals surface area contributed by atoms with E-state index in [4.69, 9.17) is 0 Å². The fourth-order valence-electron chi connectivity index (χ4n) is 2.52. The number of rotatable bonds is 5. The second-order valence-electron chi connectivity index (χ2n) is 5.42. The third-order valence-corrected chi connectivity index (χ3v) is 5.84. The van der Waals surface area contributed by atoms with Gasteiger partial charge in [0.25, 0.3) is 0 Å². The normalized spacial score (nSPS) is 18.5. The maximum Gasteiger partial charge on any atom is 0.235 e. The van der Waals surface area contributed by atoms with E-state index in [2.05, 4.69) is 22.2 Å². The number of carbonyl (C=O) groups is 1. The number of thiazole rings is 1. The summed E-state index contributed by atoms with van der Waals surface area (Å²) in [7, 11) is 0. The molecule has 0 spiro atoms. The highest BCUT2D eigenvalue weighted by Gasteiger charge is 2.23. The van der Waals surface area contributed by atoms with E-state index >= 15 is 0 Å². The Morgan fingerprint density at radius 3 is 2.90 bits per heavy atom. The number of thioether (sulfide) groups is 1. The van der Waals surface area contributed by atoms with Crippen molar-refractivity contribution in [3.05, 3.63) is 16.1 Å². The first kappa shape index (κ1) is 16.8. The van der Waals surface area contributed by atoms with Crippen LogP contribution >= 0.6 is 23.1 Å². The van der Waals surface area contributed by atoms with Crippen molar-refractivity contribution in [2.45, 2.75) is 38.5 Å². The van der Waals surface area contributed by atoms with Gasteiger partial charge in [-0.05, 0) is 26.0 Å². The van der Waals surface area contributed by atoms with Gasteiger partial charge in [-0.1, -0.05) is 6.92 Å². The molecule has 2 heterocycles. The molecular formula is C15H25N3OS2. The minimum Gasteiger partial charge on any atom is -0.340 e. The number of amides is 1. The number of hydrogen-bond acceptors (Lipinski definition) is 5. The second-order valence-corrected chi connectivity index (χ2v) is 7.54. The minimum absolute atomic E-state index is 0.0715. The van der Waals surface area contributed by atoms with Crippen molar-refractivity contribution in [1.82, 2.24) is 14.8 Å². The van der Waals surface area contributed by atoms with Crippen molar-refractivity contribution in [3.63, 3.8) is 0 Å². The molecule has 1 atom stereocenters. The Morgan fingerprint density at radius 2 is 2.24 bits per heavy atom. The van der Waals surface area contributed by atoms with Crippen molar-refractivity contribution < 1.29 is 4.79 Å². The van der Waals surface area contributed by atoms with E-state index in [0.29, 0.717) is 0 Å². The van der Waals surface area contributed by atoms with Gasteiger partial charge in [-0.2, -0.15) is 11.8 Å². The van der Waals surface area contributed by atoms with Gasteiger partial charge in [-0.3, -0.25) is 9.69 Å². The Labute approximate surface area is 135 Å². The van der Waals surface area contributed by atoms with Crippen molar-refractivity contribution in [3.8, 4) is 0 Å². The highest BCUT2D eigenvalue weighted by molar-refractivity contribution is 7.99. The van der Waals surface area contributed by atoms with E-state index in [1.165, 1.54) is 10.7 Å². The van der Waals surface area contributed by atoms with Crippen LogP contribution in [0.4, 0.5) is 0 Å². The Balaban J connectivity index is 1.87. The lowest BCUT2D eigenvalue weighted by molar-refractivity contribution is -0.130. The topological polar surface area (TPSA) is 36.4 Å². The van der Waals surface area contributed by atoms with Crippen LogP contribution in [0.5, 0.6) is 0 Å². The summed E-state index contributed by atoms with van der Waals surface area (Å²) in [4.78, 5) is 21.4. The quantitative estimate of drug-likeness (QED) is 0.832. The van der Waals surface area contributed by atoms with Crippen molar-refractivity contribution in [2.24, 2.45) is 0 Å². The molecule has 2 rings (SSSR count). The number of hydrogen-bond donors (Lipinski definition) is 0. The van der Waals surface area contributed by atoms with Crippen molar-refractivity contribution in [2.75, 3.05) is 32.4 Å². The molecule has 1 aliphatic heterocycles. The molecule has 0 aliphatic carbocycles. The van der Waals surface area contributed by atoms with Gasteiger partial charge in [0.05, 0.1) is 16.0 Å². The van der Waals surface area contributed by atoms with Crippen molar-refractivity contribution >= 4 is 29.0 Å². The monoisotopic (exact) mass is 327 g/mol. The molecule has 1 aliphatic rings. The van der Waals surface area contributed by atoms with Crippen LogP contribution in [0.3, 0.4) is 0 Å². The first-order chi connectivity index (χ1) is 10.1. The van der Waals surface area contributed by atoms with Crippen molar-refractivity contribution in [1.29, 1.82) is 0 Å². The zero-order valence-electron chi connectivity index (χ0n) is 13.2. The van der Waals surface area contributed by atoms with E-state index in [1.807, 2.05) is 18.1 Å². The largest absolute Gasteiger partial charge is 0.340 e. The first-order valence-electron chi connectivity index (χ1n) is 7.61. The van der Waals surface area contributed by atoms with Gasteiger partial charge in [0, 0.05) is 38.1 Å². The van der Waals surface area contributed by atoms with E-state index in [0.717, 1.165) is 45.6 Å². The molecule has 0 bridgehead atoms. The average Bonchev–Trinajstić information content (AvgIpc) is 2.83. The predicted octanol–water partition coefficient (Wildman–Crippen LogP) is 2.49. The molecule has 1 amide bonds. The SMILES string of the molecule is CCc1nc(CN2CCCN(C(=O)C(C)SC)CC2)cs1. The first-order valence-corrected chi connectivity index (χ1v) is 9.78. The average molecular weight is 328 g/mol. The molecule has 0 radical (unpaired) electrons. The highest BCUT2D eigenvalue weighted by Crippen LogP contribution is 2.15. The predicted molar refractivity (Wildman–Crippen MR) is 90.9 cm³/mol. The third kappa shape index (κ3) is 4.69. The minimum atomic E-state index is 0.0715. The molecular weight excluding hydrogens is 302 g/mol. The zero-order valence-corrected chi connectivity index (χ0v) is 14.8. The highest BCUT2D eigenvalue weighted by atomic mass is 32.2. The van der Waals surface area contributed by atoms with Crippen LogP contribution in [0.2, 0.25) is 0 Å². The maximum absolute atomic E-state index is 12.3. The van der Waals surface area contributed by atoms with Gasteiger partial charge in [-0.25, -0.2) is 4.98 Å². The standard InChI is InChI=1S/C15H25N3OS2/c1-4-14-16-13(11-21-14)10-17-6-5-7-18(9-8-17)15(19)12(2)20-3/h11-12H,4-10H2,1-3H3. The fourth-order valence-corrected chi connectivity index (χ4v) is 3.61. The van der Waals surface area contributed by atoms with E-state index < -0.39 is 0 Å². The molecule has 0 aromatic carbocycles. The summed E-state index contributed by atoms with van der Waals surface area (Å²) >= 11 is 3.38. The van der Waals surface area contributed by atoms with Gasteiger partial charge < -0.3 is 4.90 Å². The Kier molecular flexibility index (Phi) is 6.51. The Hall–Kier alpha value is -0.590. The van der Waals surface area contributed by atoms with E-state index in [-0.39, 0.29) is 11.2 Å². The van der Waals surface area contributed by atoms with Gasteiger partial charge in [-0.15, -0.1) is 11.3 Å². The van der Waals surface area contributed by atoms with Crippen LogP contribution in [0.1, 0.15) is 31.0 Å². The number of carbonyl (C=O) groups excluding carboxylic acids is 1. The van der Waals surface area contributed by atoms with E-state index in [1.54, 1.807) is 23.1 Å². The van der Waals surface area contributed by atoms with Gasteiger partial charge in [0.2, 0.25) is 5.91 Å². The molecule has 1 saturated heterocycles. The lowest BCUT2D eigenvalue weighted by atomic mass is 10.3. The molecule has 21 heavy (non-hydrogen) atoms. The summed E-state index contributed by atoms with van der Waals surface area (Å²) < 4.78 is 0. The number of aromatic nitrogens is 1. The maximum atomic E-state index is 12.3. The van der Waals surface area contributed by atoms with Crippen LogP contribution in [0.25, 0.3) is 0 Å². The Bertz CT molecular complexity index is 464. The molecule has 118 valence electrons. The summed E-state index contributed by atoms with van der Waals surface area (Å²) in [5, 5.41) is 3.45. The molecule has 4 nitrogen and oxygen atoms in total. The van der Waals surface area contributed by atoms with Crippen LogP contribution < -0.4 is 0 Å². The smallest absolute Gasteiger partial charge is 0.235 e. The molecule has 0 saturated carbocycles. The lowest BCUT2D eigenvalue weighted by Crippen LogP contribution is -2.39. The summed E-state index contributed by atoms with van der Waals surface area (Å²) in [5.41, 5.74) is 1.18. The van der Waals surface area contributed by atoms with Gasteiger partial charge >= 0.3 is 0 Å².